The summed E-state index contributed by atoms with van der Waals surface area (Å²) in [7, 11) is 0. The Kier molecular flexibility index (Phi) is 4.86. The molecule has 1 fully saturated rings. The SMILES string of the molecule is CC.CCC(=O)NC1(CF)CC1. The van der Waals surface area contributed by atoms with Crippen LogP contribution in [-0.2, 0) is 4.79 Å². The average molecular weight is 175 g/mol. The third-order valence-corrected chi connectivity index (χ3v) is 1.84. The third-order valence-electron chi connectivity index (χ3n) is 1.84. The van der Waals surface area contributed by atoms with E-state index in [1.165, 1.54) is 0 Å². The molecule has 1 N–H and O–H groups in total. The monoisotopic (exact) mass is 175 g/mol. The summed E-state index contributed by atoms with van der Waals surface area (Å²) in [6, 6.07) is 0. The largest absolute Gasteiger partial charge is 0.348 e. The summed E-state index contributed by atoms with van der Waals surface area (Å²) < 4.78 is 12.1. The van der Waals surface area contributed by atoms with Crippen molar-refractivity contribution in [2.45, 2.75) is 45.6 Å². The molecule has 0 radical (unpaired) electrons. The lowest BCUT2D eigenvalue weighted by atomic mass is 10.3. The number of hydrogen-bond donors (Lipinski definition) is 1. The second-order valence-corrected chi connectivity index (χ2v) is 2.82. The molecule has 1 aliphatic rings. The van der Waals surface area contributed by atoms with Gasteiger partial charge >= 0.3 is 0 Å². The first kappa shape index (κ1) is 11.4. The molecule has 0 bridgehead atoms. The predicted octanol–water partition coefficient (Wildman–Crippen LogP) is 2.04. The molecule has 0 aromatic carbocycles. The molecule has 0 heterocycles. The van der Waals surface area contributed by atoms with Gasteiger partial charge in [0.2, 0.25) is 5.91 Å². The Balaban J connectivity index is 0.000000561. The number of hydrogen-bond acceptors (Lipinski definition) is 1. The van der Waals surface area contributed by atoms with Gasteiger partial charge in [-0.2, -0.15) is 0 Å². The Morgan fingerprint density at radius 1 is 1.50 bits per heavy atom. The van der Waals surface area contributed by atoms with E-state index in [1.54, 1.807) is 6.92 Å². The Morgan fingerprint density at radius 3 is 2.25 bits per heavy atom. The maximum atomic E-state index is 12.1. The molecule has 0 aliphatic heterocycles. The summed E-state index contributed by atoms with van der Waals surface area (Å²) in [6.07, 6.45) is 2.05. The lowest BCUT2D eigenvalue weighted by Crippen LogP contribution is -2.37. The number of carbonyl (C=O) groups is 1. The minimum Gasteiger partial charge on any atom is -0.348 e. The van der Waals surface area contributed by atoms with Crippen LogP contribution in [0.5, 0.6) is 0 Å². The van der Waals surface area contributed by atoms with E-state index in [4.69, 9.17) is 0 Å². The molecule has 12 heavy (non-hydrogen) atoms. The summed E-state index contributed by atoms with van der Waals surface area (Å²) in [5.74, 6) is -0.0462. The standard InChI is InChI=1S/C7H12FNO.C2H6/c1-2-6(10)9-7(5-8)3-4-7;1-2/h2-5H2,1H3,(H,9,10);1-2H3. The summed E-state index contributed by atoms with van der Waals surface area (Å²) in [5, 5.41) is 2.65. The van der Waals surface area contributed by atoms with Crippen LogP contribution >= 0.6 is 0 Å². The molecule has 3 heteroatoms. The molecule has 1 saturated carbocycles. The molecule has 1 amide bonds. The summed E-state index contributed by atoms with van der Waals surface area (Å²) in [5.41, 5.74) is -0.451. The second kappa shape index (κ2) is 5.12. The molecule has 1 rings (SSSR count). The Labute approximate surface area is 73.5 Å². The first-order chi connectivity index (χ1) is 5.72. The highest BCUT2D eigenvalue weighted by Gasteiger charge is 2.43. The van der Waals surface area contributed by atoms with Crippen molar-refractivity contribution >= 4 is 5.91 Å². The van der Waals surface area contributed by atoms with E-state index in [9.17, 15) is 9.18 Å². The molecule has 72 valence electrons. The average Bonchev–Trinajstić information content (AvgIpc) is 2.89. The molecule has 1 aliphatic carbocycles. The number of carbonyl (C=O) groups excluding carboxylic acids is 1. The van der Waals surface area contributed by atoms with Crippen LogP contribution in [-0.4, -0.2) is 18.1 Å². The maximum Gasteiger partial charge on any atom is 0.220 e. The fourth-order valence-corrected chi connectivity index (χ4v) is 0.827. The van der Waals surface area contributed by atoms with Crippen LogP contribution in [0.15, 0.2) is 0 Å². The van der Waals surface area contributed by atoms with Crippen molar-refractivity contribution in [3.05, 3.63) is 0 Å². The minimum atomic E-state index is -0.451. The topological polar surface area (TPSA) is 29.1 Å². The van der Waals surface area contributed by atoms with Gasteiger partial charge in [-0.15, -0.1) is 0 Å². The van der Waals surface area contributed by atoms with E-state index >= 15 is 0 Å². The van der Waals surface area contributed by atoms with Crippen LogP contribution in [0.1, 0.15) is 40.0 Å². The van der Waals surface area contributed by atoms with E-state index < -0.39 is 12.2 Å². The van der Waals surface area contributed by atoms with Crippen LogP contribution in [0.3, 0.4) is 0 Å². The summed E-state index contributed by atoms with van der Waals surface area (Å²) in [6.45, 7) is 5.35. The van der Waals surface area contributed by atoms with E-state index in [0.29, 0.717) is 6.42 Å². The highest BCUT2D eigenvalue weighted by molar-refractivity contribution is 5.76. The van der Waals surface area contributed by atoms with Crippen LogP contribution in [0, 0.1) is 0 Å². The third kappa shape index (κ3) is 3.20. The van der Waals surface area contributed by atoms with Crippen molar-refractivity contribution in [2.24, 2.45) is 0 Å². The first-order valence-electron chi connectivity index (χ1n) is 4.59. The number of halogens is 1. The van der Waals surface area contributed by atoms with Crippen molar-refractivity contribution in [3.8, 4) is 0 Å². The maximum absolute atomic E-state index is 12.1. The van der Waals surface area contributed by atoms with Crippen molar-refractivity contribution in [1.29, 1.82) is 0 Å². The van der Waals surface area contributed by atoms with E-state index in [2.05, 4.69) is 5.32 Å². The van der Waals surface area contributed by atoms with Gasteiger partial charge in [-0.05, 0) is 12.8 Å². The van der Waals surface area contributed by atoms with Gasteiger partial charge in [0.15, 0.2) is 0 Å². The quantitative estimate of drug-likeness (QED) is 0.698. The number of rotatable bonds is 3. The van der Waals surface area contributed by atoms with Gasteiger partial charge in [0.1, 0.15) is 6.67 Å². The molecule has 0 atom stereocenters. The lowest BCUT2D eigenvalue weighted by molar-refractivity contribution is -0.121. The van der Waals surface area contributed by atoms with Crippen molar-refractivity contribution in [2.75, 3.05) is 6.67 Å². The minimum absolute atomic E-state index is 0.0462. The van der Waals surface area contributed by atoms with Gasteiger partial charge in [-0.1, -0.05) is 20.8 Å². The smallest absolute Gasteiger partial charge is 0.220 e. The molecule has 2 nitrogen and oxygen atoms in total. The van der Waals surface area contributed by atoms with Crippen molar-refractivity contribution in [3.63, 3.8) is 0 Å². The van der Waals surface area contributed by atoms with Gasteiger partial charge in [0.05, 0.1) is 5.54 Å². The number of nitrogens with one attached hydrogen (secondary N) is 1. The molecule has 0 unspecified atom stereocenters. The fraction of sp³-hybridized carbons (Fsp3) is 0.889. The zero-order valence-electron chi connectivity index (χ0n) is 8.11. The van der Waals surface area contributed by atoms with Crippen LogP contribution in [0.25, 0.3) is 0 Å². The molecule has 0 aromatic rings. The number of alkyl halides is 1. The Bertz CT molecular complexity index is 143. The predicted molar refractivity (Wildman–Crippen MR) is 47.7 cm³/mol. The molecule has 0 aromatic heterocycles. The highest BCUT2D eigenvalue weighted by Crippen LogP contribution is 2.35. The Morgan fingerprint density at radius 2 is 2.00 bits per heavy atom. The van der Waals surface area contributed by atoms with Gasteiger partial charge in [-0.25, -0.2) is 4.39 Å². The zero-order chi connectivity index (χ0) is 9.61. The molecular weight excluding hydrogens is 157 g/mol. The van der Waals surface area contributed by atoms with Gasteiger partial charge < -0.3 is 5.32 Å². The van der Waals surface area contributed by atoms with E-state index in [1.807, 2.05) is 13.8 Å². The molecule has 0 spiro atoms. The lowest BCUT2D eigenvalue weighted by Gasteiger charge is -2.11. The van der Waals surface area contributed by atoms with Gasteiger partial charge in [-0.3, -0.25) is 4.79 Å². The van der Waals surface area contributed by atoms with Gasteiger partial charge in [0, 0.05) is 6.42 Å². The number of amides is 1. The van der Waals surface area contributed by atoms with E-state index in [0.717, 1.165) is 12.8 Å². The van der Waals surface area contributed by atoms with Crippen LogP contribution in [0.2, 0.25) is 0 Å². The second-order valence-electron chi connectivity index (χ2n) is 2.82. The zero-order valence-corrected chi connectivity index (χ0v) is 8.11. The Hall–Kier alpha value is -0.600. The van der Waals surface area contributed by atoms with Crippen molar-refractivity contribution in [1.82, 2.24) is 5.32 Å². The van der Waals surface area contributed by atoms with Crippen molar-refractivity contribution < 1.29 is 9.18 Å². The summed E-state index contributed by atoms with van der Waals surface area (Å²) in [4.78, 5) is 10.7. The van der Waals surface area contributed by atoms with Crippen LogP contribution < -0.4 is 5.32 Å². The molecular formula is C9H18FNO. The van der Waals surface area contributed by atoms with Gasteiger partial charge in [0.25, 0.3) is 0 Å². The first-order valence-corrected chi connectivity index (χ1v) is 4.59. The fourth-order valence-electron chi connectivity index (χ4n) is 0.827. The summed E-state index contributed by atoms with van der Waals surface area (Å²) >= 11 is 0. The van der Waals surface area contributed by atoms with E-state index in [-0.39, 0.29) is 5.91 Å². The normalized spacial score (nSPS) is 17.3. The molecule has 0 saturated heterocycles. The highest BCUT2D eigenvalue weighted by atomic mass is 19.1. The van der Waals surface area contributed by atoms with Crippen LogP contribution in [0.4, 0.5) is 4.39 Å².